The topological polar surface area (TPSA) is 83.9 Å². The molecule has 6 heteroatoms. The van der Waals surface area contributed by atoms with Gasteiger partial charge in [0.2, 0.25) is 5.82 Å². The van der Waals surface area contributed by atoms with Crippen molar-refractivity contribution >= 4 is 17.7 Å². The standard InChI is InChI=1S/C5H3N5O/c11-5-3(1-2-6-5)4-7-9-10-8-4/h1-2H,(H,7,8,9,10). The zero-order valence-corrected chi connectivity index (χ0v) is 5.35. The Kier molecular flexibility index (Phi) is 1.12. The van der Waals surface area contributed by atoms with E-state index >= 15 is 0 Å². The minimum Gasteiger partial charge on any atom is -0.267 e. The van der Waals surface area contributed by atoms with E-state index < -0.39 is 0 Å². The molecule has 54 valence electrons. The van der Waals surface area contributed by atoms with E-state index in [9.17, 15) is 4.79 Å². The van der Waals surface area contributed by atoms with Gasteiger partial charge >= 0.3 is 0 Å². The largest absolute Gasteiger partial charge is 0.280 e. The summed E-state index contributed by atoms with van der Waals surface area (Å²) in [5, 5.41) is 12.8. The minimum atomic E-state index is -0.327. The summed E-state index contributed by atoms with van der Waals surface area (Å²) >= 11 is 0. The van der Waals surface area contributed by atoms with Crippen LogP contribution in [0.25, 0.3) is 5.57 Å². The van der Waals surface area contributed by atoms with Crippen LogP contribution in [0.3, 0.4) is 0 Å². The molecule has 2 rings (SSSR count). The highest BCUT2D eigenvalue weighted by Gasteiger charge is 2.17. The number of aromatic nitrogens is 4. The molecule has 2 heterocycles. The molecule has 6 nitrogen and oxygen atoms in total. The van der Waals surface area contributed by atoms with Gasteiger partial charge < -0.3 is 0 Å². The number of hydrogen-bond donors (Lipinski definition) is 1. The highest BCUT2D eigenvalue weighted by molar-refractivity contribution is 6.27. The van der Waals surface area contributed by atoms with Gasteiger partial charge in [-0.15, -0.1) is 10.2 Å². The van der Waals surface area contributed by atoms with Crippen molar-refractivity contribution in [1.82, 2.24) is 20.6 Å². The maximum Gasteiger partial charge on any atom is 0.280 e. The van der Waals surface area contributed by atoms with Crippen molar-refractivity contribution in [3.63, 3.8) is 0 Å². The molecule has 0 aliphatic carbocycles. The summed E-state index contributed by atoms with van der Waals surface area (Å²) in [4.78, 5) is 14.4. The molecule has 1 aromatic heterocycles. The van der Waals surface area contributed by atoms with Gasteiger partial charge in [-0.2, -0.15) is 5.21 Å². The number of nitrogens with one attached hydrogen (secondary N) is 1. The number of aromatic amines is 1. The van der Waals surface area contributed by atoms with E-state index in [0.717, 1.165) is 0 Å². The van der Waals surface area contributed by atoms with Crippen molar-refractivity contribution in [2.45, 2.75) is 0 Å². The molecular formula is C5H3N5O. The molecule has 1 amide bonds. The van der Waals surface area contributed by atoms with Gasteiger partial charge in [-0.05, 0) is 11.3 Å². The van der Waals surface area contributed by atoms with E-state index in [1.807, 2.05) is 0 Å². The van der Waals surface area contributed by atoms with Gasteiger partial charge in [-0.25, -0.2) is 4.99 Å². The molecule has 1 aromatic rings. The molecule has 0 atom stereocenters. The summed E-state index contributed by atoms with van der Waals surface area (Å²) in [5.41, 5.74) is 0.374. The molecule has 0 saturated heterocycles. The summed E-state index contributed by atoms with van der Waals surface area (Å²) in [5.74, 6) is -0.0427. The van der Waals surface area contributed by atoms with Gasteiger partial charge in [0.05, 0.1) is 5.57 Å². The third-order valence-corrected chi connectivity index (χ3v) is 1.25. The van der Waals surface area contributed by atoms with Crippen LogP contribution in [0.15, 0.2) is 11.1 Å². The Morgan fingerprint density at radius 1 is 1.45 bits per heavy atom. The molecule has 0 unspecified atom stereocenters. The fraction of sp³-hybridized carbons (Fsp3) is 0. The van der Waals surface area contributed by atoms with E-state index in [1.54, 1.807) is 6.08 Å². The van der Waals surface area contributed by atoms with Crippen LogP contribution in [0, 0.1) is 0 Å². The van der Waals surface area contributed by atoms with E-state index in [-0.39, 0.29) is 11.7 Å². The second-order valence-electron chi connectivity index (χ2n) is 1.90. The summed E-state index contributed by atoms with van der Waals surface area (Å²) in [6.07, 6.45) is 2.96. The smallest absolute Gasteiger partial charge is 0.267 e. The quantitative estimate of drug-likeness (QED) is 0.566. The third-order valence-electron chi connectivity index (χ3n) is 1.25. The van der Waals surface area contributed by atoms with Gasteiger partial charge in [0.1, 0.15) is 0 Å². The number of H-pyrrole nitrogens is 1. The van der Waals surface area contributed by atoms with Crippen LogP contribution in [-0.4, -0.2) is 32.7 Å². The second kappa shape index (κ2) is 2.08. The number of hydrogen-bond acceptors (Lipinski definition) is 4. The second-order valence-corrected chi connectivity index (χ2v) is 1.90. The molecule has 0 spiro atoms. The monoisotopic (exact) mass is 149 g/mol. The average molecular weight is 149 g/mol. The van der Waals surface area contributed by atoms with Crippen molar-refractivity contribution in [3.05, 3.63) is 11.9 Å². The van der Waals surface area contributed by atoms with E-state index in [2.05, 4.69) is 25.6 Å². The van der Waals surface area contributed by atoms with Crippen molar-refractivity contribution in [1.29, 1.82) is 0 Å². The predicted molar refractivity (Wildman–Crippen MR) is 35.7 cm³/mol. The normalized spacial score (nSPS) is 15.6. The lowest BCUT2D eigenvalue weighted by Gasteiger charge is -1.86. The van der Waals surface area contributed by atoms with Crippen molar-refractivity contribution < 1.29 is 4.79 Å². The van der Waals surface area contributed by atoms with E-state index in [0.29, 0.717) is 5.57 Å². The van der Waals surface area contributed by atoms with Crippen LogP contribution >= 0.6 is 0 Å². The summed E-state index contributed by atoms with van der Waals surface area (Å²) in [6.45, 7) is 0. The van der Waals surface area contributed by atoms with Crippen LogP contribution in [0.1, 0.15) is 5.82 Å². The Bertz CT molecular complexity index is 336. The van der Waals surface area contributed by atoms with Gasteiger partial charge in [-0.1, -0.05) is 0 Å². The zero-order valence-electron chi connectivity index (χ0n) is 5.35. The molecule has 1 aliphatic heterocycles. The average Bonchev–Trinajstić information content (AvgIpc) is 2.55. The van der Waals surface area contributed by atoms with Crippen LogP contribution in [-0.2, 0) is 4.79 Å². The van der Waals surface area contributed by atoms with Crippen molar-refractivity contribution in [2.24, 2.45) is 4.99 Å². The first-order valence-electron chi connectivity index (χ1n) is 2.90. The van der Waals surface area contributed by atoms with Crippen molar-refractivity contribution in [3.8, 4) is 0 Å². The Morgan fingerprint density at radius 2 is 2.36 bits per heavy atom. The Hall–Kier alpha value is -1.85. The molecule has 0 aromatic carbocycles. The van der Waals surface area contributed by atoms with Crippen LogP contribution in [0.5, 0.6) is 0 Å². The fourth-order valence-electron chi connectivity index (χ4n) is 0.766. The predicted octanol–water partition coefficient (Wildman–Crippen LogP) is -0.806. The first-order chi connectivity index (χ1) is 5.38. The summed E-state index contributed by atoms with van der Waals surface area (Å²) in [6, 6.07) is 0. The molecule has 0 saturated carbocycles. The molecule has 1 aliphatic rings. The van der Waals surface area contributed by atoms with Gasteiger partial charge in [-0.3, -0.25) is 4.79 Å². The summed E-state index contributed by atoms with van der Waals surface area (Å²) < 4.78 is 0. The zero-order chi connectivity index (χ0) is 7.68. The minimum absolute atomic E-state index is 0.285. The van der Waals surface area contributed by atoms with Crippen LogP contribution in [0.2, 0.25) is 0 Å². The lowest BCUT2D eigenvalue weighted by molar-refractivity contribution is -0.112. The maximum absolute atomic E-state index is 10.9. The number of nitrogens with zero attached hydrogens (tertiary/aromatic N) is 4. The molecular weight excluding hydrogens is 146 g/mol. The lowest BCUT2D eigenvalue weighted by atomic mass is 10.2. The molecule has 0 radical (unpaired) electrons. The Labute approximate surface area is 61.0 Å². The van der Waals surface area contributed by atoms with Crippen LogP contribution < -0.4 is 0 Å². The highest BCUT2D eigenvalue weighted by atomic mass is 16.1. The van der Waals surface area contributed by atoms with Crippen molar-refractivity contribution in [2.75, 3.05) is 0 Å². The van der Waals surface area contributed by atoms with Gasteiger partial charge in [0, 0.05) is 6.21 Å². The SMILES string of the molecule is O=C1N=CC=C1c1nn[nH]n1. The van der Waals surface area contributed by atoms with Gasteiger partial charge in [0.25, 0.3) is 5.91 Å². The number of carbonyl (C=O) groups is 1. The number of rotatable bonds is 1. The lowest BCUT2D eigenvalue weighted by Crippen LogP contribution is -1.95. The molecule has 1 N–H and O–H groups in total. The highest BCUT2D eigenvalue weighted by Crippen LogP contribution is 2.11. The van der Waals surface area contributed by atoms with E-state index in [1.165, 1.54) is 6.21 Å². The van der Waals surface area contributed by atoms with Crippen LogP contribution in [0.4, 0.5) is 0 Å². The number of tetrazole rings is 1. The number of aliphatic imine (C=N–C) groups is 1. The molecule has 11 heavy (non-hydrogen) atoms. The number of allylic oxidation sites excluding steroid dienone is 1. The fourth-order valence-corrected chi connectivity index (χ4v) is 0.766. The van der Waals surface area contributed by atoms with Gasteiger partial charge in [0.15, 0.2) is 0 Å². The molecule has 0 bridgehead atoms. The first kappa shape index (κ1) is 5.90. The maximum atomic E-state index is 10.9. The number of carbonyl (C=O) groups excluding carboxylic acids is 1. The Morgan fingerprint density at radius 3 is 2.91 bits per heavy atom. The Balaban J connectivity index is 2.40. The summed E-state index contributed by atoms with van der Waals surface area (Å²) in [7, 11) is 0. The molecule has 0 fully saturated rings. The van der Waals surface area contributed by atoms with E-state index in [4.69, 9.17) is 0 Å². The number of amides is 1. The third kappa shape index (κ3) is 0.841. The first-order valence-corrected chi connectivity index (χ1v) is 2.90.